The Labute approximate surface area is 275 Å². The standard InChI is InChI=1S/C24H24ClN7O3S2.C5H7N.C2H6/c1-30(37(2,34)35)21-6-4-3-5-20(21)23(33)27-17-7-9-19(10-8-17)36-32-13-11-31(12-14-32)24-28-18(16-26)15-22(25)29-24;1-3-5(2)4-6;1-2/h3-10,15H,11-14H2,1-2H3,(H,27,33);3H,1-2H3;1-2H3/b;5-3+;. The normalized spacial score (nSPS) is 13.2. The first-order chi connectivity index (χ1) is 21.4. The van der Waals surface area contributed by atoms with Crippen molar-refractivity contribution in [2.45, 2.75) is 32.6 Å². The van der Waals surface area contributed by atoms with Crippen molar-refractivity contribution in [2.75, 3.05) is 54.0 Å². The summed E-state index contributed by atoms with van der Waals surface area (Å²) in [6.07, 6.45) is 2.87. The zero-order valence-corrected chi connectivity index (χ0v) is 28.5. The lowest BCUT2D eigenvalue weighted by Crippen LogP contribution is -2.44. The fraction of sp³-hybridized carbons (Fsp3) is 0.323. The van der Waals surface area contributed by atoms with Gasteiger partial charge in [-0.3, -0.25) is 9.10 Å². The molecule has 0 aliphatic carbocycles. The molecule has 0 atom stereocenters. The molecule has 14 heteroatoms. The maximum atomic E-state index is 12.9. The van der Waals surface area contributed by atoms with Crippen LogP contribution in [0, 0.1) is 22.7 Å². The summed E-state index contributed by atoms with van der Waals surface area (Å²) in [5.41, 5.74) is 2.18. The molecule has 0 radical (unpaired) electrons. The van der Waals surface area contributed by atoms with Crippen molar-refractivity contribution >= 4 is 56.8 Å². The lowest BCUT2D eigenvalue weighted by atomic mass is 10.1. The second kappa shape index (κ2) is 18.0. The minimum absolute atomic E-state index is 0.241. The Kier molecular flexibility index (Phi) is 14.8. The van der Waals surface area contributed by atoms with Gasteiger partial charge in [-0.2, -0.15) is 10.5 Å². The number of hydrogen-bond donors (Lipinski definition) is 1. The van der Waals surface area contributed by atoms with Crippen molar-refractivity contribution in [1.29, 1.82) is 10.5 Å². The van der Waals surface area contributed by atoms with Crippen LogP contribution in [-0.4, -0.2) is 68.1 Å². The van der Waals surface area contributed by atoms with Crippen molar-refractivity contribution in [3.05, 3.63) is 82.7 Å². The Bertz CT molecular complexity index is 1660. The molecule has 1 amide bonds. The molecule has 3 aromatic rings. The van der Waals surface area contributed by atoms with E-state index in [-0.39, 0.29) is 16.4 Å². The topological polar surface area (TPSA) is 146 Å². The van der Waals surface area contributed by atoms with Crippen molar-refractivity contribution in [3.8, 4) is 12.1 Å². The van der Waals surface area contributed by atoms with Crippen LogP contribution in [0.25, 0.3) is 0 Å². The number of nitriles is 2. The van der Waals surface area contributed by atoms with Gasteiger partial charge in [-0.25, -0.2) is 22.7 Å². The third-order valence-corrected chi connectivity index (χ3v) is 8.75. The number of nitrogens with one attached hydrogen (secondary N) is 1. The van der Waals surface area contributed by atoms with Gasteiger partial charge in [-0.15, -0.1) is 0 Å². The average molecular weight is 669 g/mol. The molecule has 1 aromatic heterocycles. The Morgan fingerprint density at radius 1 is 1.07 bits per heavy atom. The number of amides is 1. The molecule has 1 saturated heterocycles. The molecule has 0 unspecified atom stereocenters. The van der Waals surface area contributed by atoms with E-state index in [0.29, 0.717) is 30.4 Å². The van der Waals surface area contributed by atoms with Crippen molar-refractivity contribution in [2.24, 2.45) is 0 Å². The minimum Gasteiger partial charge on any atom is -0.338 e. The molecule has 2 aromatic carbocycles. The van der Waals surface area contributed by atoms with Gasteiger partial charge in [-0.1, -0.05) is 43.7 Å². The molecular weight excluding hydrogens is 632 g/mol. The van der Waals surface area contributed by atoms with Crippen LogP contribution in [0.5, 0.6) is 0 Å². The Morgan fingerprint density at radius 3 is 2.22 bits per heavy atom. The molecule has 0 saturated carbocycles. The van der Waals surface area contributed by atoms with Gasteiger partial charge in [0.25, 0.3) is 5.91 Å². The lowest BCUT2D eigenvalue weighted by molar-refractivity contribution is 0.102. The van der Waals surface area contributed by atoms with Gasteiger partial charge in [-0.05, 0) is 62.2 Å². The maximum absolute atomic E-state index is 12.9. The van der Waals surface area contributed by atoms with E-state index in [9.17, 15) is 13.2 Å². The summed E-state index contributed by atoms with van der Waals surface area (Å²) in [4.78, 5) is 24.4. The summed E-state index contributed by atoms with van der Waals surface area (Å²) in [7, 11) is -2.10. The monoisotopic (exact) mass is 668 g/mol. The minimum atomic E-state index is -3.51. The molecule has 1 fully saturated rings. The number of halogens is 1. The fourth-order valence-corrected chi connectivity index (χ4v) is 5.31. The molecular formula is C31H37ClN8O3S2. The molecule has 0 spiro atoms. The van der Waals surface area contributed by atoms with Crippen LogP contribution in [0.4, 0.5) is 17.3 Å². The number of sulfonamides is 1. The van der Waals surface area contributed by atoms with E-state index >= 15 is 0 Å². The lowest BCUT2D eigenvalue weighted by Gasteiger charge is -2.33. The number of nitrogens with zero attached hydrogens (tertiary/aromatic N) is 7. The number of benzene rings is 2. The van der Waals surface area contributed by atoms with Crippen LogP contribution in [-0.2, 0) is 10.0 Å². The first-order valence-corrected chi connectivity index (χ1v) is 17.0. The molecule has 11 nitrogen and oxygen atoms in total. The SMILES string of the molecule is C/C=C(\C)C#N.CC.CN(c1ccccc1C(=O)Nc1ccc(SN2CCN(c3nc(Cl)cc(C#N)n3)CC2)cc1)S(C)(=O)=O. The van der Waals surface area contributed by atoms with Gasteiger partial charge in [0.05, 0.1) is 23.6 Å². The summed E-state index contributed by atoms with van der Waals surface area (Å²) in [5, 5.41) is 20.2. The molecule has 1 aliphatic heterocycles. The molecule has 1 aliphatic rings. The number of piperazine rings is 1. The summed E-state index contributed by atoms with van der Waals surface area (Å²) < 4.78 is 27.2. The van der Waals surface area contributed by atoms with Crippen molar-refractivity contribution in [3.63, 3.8) is 0 Å². The van der Waals surface area contributed by atoms with E-state index in [0.717, 1.165) is 34.1 Å². The number of aromatic nitrogens is 2. The number of carbonyl (C=O) groups excluding carboxylic acids is 1. The second-order valence-electron chi connectivity index (χ2n) is 9.30. The van der Waals surface area contributed by atoms with Crippen LogP contribution in [0.2, 0.25) is 5.15 Å². The number of rotatable bonds is 7. The number of allylic oxidation sites excluding steroid dienone is 2. The van der Waals surface area contributed by atoms with E-state index in [1.807, 2.05) is 62.1 Å². The van der Waals surface area contributed by atoms with Crippen LogP contribution < -0.4 is 14.5 Å². The summed E-state index contributed by atoms with van der Waals surface area (Å²) in [6.45, 7) is 10.5. The quantitative estimate of drug-likeness (QED) is 0.181. The number of anilines is 3. The third kappa shape index (κ3) is 11.4. The highest BCUT2D eigenvalue weighted by atomic mass is 35.5. The second-order valence-corrected chi connectivity index (χ2v) is 12.9. The smallest absolute Gasteiger partial charge is 0.257 e. The van der Waals surface area contributed by atoms with Gasteiger partial charge >= 0.3 is 0 Å². The van der Waals surface area contributed by atoms with Gasteiger partial charge in [0.1, 0.15) is 16.9 Å². The van der Waals surface area contributed by atoms with Crippen LogP contribution in [0.15, 0.2) is 71.1 Å². The highest BCUT2D eigenvalue weighted by Crippen LogP contribution is 2.27. The summed E-state index contributed by atoms with van der Waals surface area (Å²) in [6, 6.07) is 19.4. The van der Waals surface area contributed by atoms with Gasteiger partial charge in [0.2, 0.25) is 16.0 Å². The highest BCUT2D eigenvalue weighted by Gasteiger charge is 2.22. The van der Waals surface area contributed by atoms with Crippen molar-refractivity contribution < 1.29 is 13.2 Å². The van der Waals surface area contributed by atoms with E-state index in [1.165, 1.54) is 13.1 Å². The van der Waals surface area contributed by atoms with Gasteiger partial charge in [0.15, 0.2) is 0 Å². The predicted octanol–water partition coefficient (Wildman–Crippen LogP) is 5.98. The fourth-order valence-electron chi connectivity index (χ4n) is 3.71. The zero-order chi connectivity index (χ0) is 33.6. The molecule has 1 N–H and O–H groups in total. The van der Waals surface area contributed by atoms with Gasteiger partial charge < -0.3 is 10.2 Å². The Hall–Kier alpha value is -4.14. The molecule has 0 bridgehead atoms. The Morgan fingerprint density at radius 2 is 1.69 bits per heavy atom. The summed E-state index contributed by atoms with van der Waals surface area (Å²) in [5.74, 6) is 0.0588. The number of para-hydroxylation sites is 1. The largest absolute Gasteiger partial charge is 0.338 e. The molecule has 45 heavy (non-hydrogen) atoms. The zero-order valence-electron chi connectivity index (χ0n) is 26.2. The van der Waals surface area contributed by atoms with Gasteiger partial charge in [0, 0.05) is 55.4 Å². The number of hydrogen-bond acceptors (Lipinski definition) is 10. The van der Waals surface area contributed by atoms with E-state index in [2.05, 4.69) is 19.6 Å². The van der Waals surface area contributed by atoms with E-state index in [1.54, 1.807) is 49.2 Å². The third-order valence-electron chi connectivity index (χ3n) is 6.26. The summed E-state index contributed by atoms with van der Waals surface area (Å²) >= 11 is 7.61. The predicted molar refractivity (Wildman–Crippen MR) is 182 cm³/mol. The molecule has 4 rings (SSSR count). The maximum Gasteiger partial charge on any atom is 0.257 e. The molecule has 238 valence electrons. The van der Waals surface area contributed by atoms with E-state index in [4.69, 9.17) is 22.1 Å². The molecule has 2 heterocycles. The van der Waals surface area contributed by atoms with Crippen LogP contribution >= 0.6 is 23.5 Å². The first-order valence-electron chi connectivity index (χ1n) is 14.0. The van der Waals surface area contributed by atoms with Crippen molar-refractivity contribution in [1.82, 2.24) is 14.3 Å². The van der Waals surface area contributed by atoms with Crippen LogP contribution in [0.1, 0.15) is 43.7 Å². The first kappa shape index (κ1) is 37.0. The van der Waals surface area contributed by atoms with E-state index < -0.39 is 15.9 Å². The highest BCUT2D eigenvalue weighted by molar-refractivity contribution is 7.97. The average Bonchev–Trinajstić information content (AvgIpc) is 3.05. The Balaban J connectivity index is 0.000000790. The van der Waals surface area contributed by atoms with Crippen LogP contribution in [0.3, 0.4) is 0 Å². The number of carbonyl (C=O) groups is 1.